The van der Waals surface area contributed by atoms with Crippen LogP contribution in [0.4, 0.5) is 5.69 Å². The van der Waals surface area contributed by atoms with Crippen LogP contribution in [0.25, 0.3) is 11.4 Å². The standard InChI is InChI=1S/C27H32N4O3/c1-19-7-2-5-11-24(19)26-29-25(34-30-26)18-31-16-6-8-20(17-31)27(32)28-21-12-14-23(15-13-21)33-22-9-3-4-10-22/h2,5,7,11-15,20,22H,3-4,6,8-10,16-18H2,1H3,(H,28,32). The lowest BCUT2D eigenvalue weighted by atomic mass is 9.97. The largest absolute Gasteiger partial charge is 0.490 e. The molecule has 1 aliphatic carbocycles. The van der Waals surface area contributed by atoms with Crippen LogP contribution in [-0.4, -0.2) is 40.1 Å². The van der Waals surface area contributed by atoms with Crippen LogP contribution in [-0.2, 0) is 11.3 Å². The molecule has 7 nitrogen and oxygen atoms in total. The molecule has 2 aromatic carbocycles. The number of carbonyl (C=O) groups excluding carboxylic acids is 1. The zero-order valence-corrected chi connectivity index (χ0v) is 19.7. The van der Waals surface area contributed by atoms with Crippen molar-refractivity contribution in [3.05, 3.63) is 60.0 Å². The molecule has 2 aliphatic rings. The summed E-state index contributed by atoms with van der Waals surface area (Å²) in [6.45, 7) is 4.18. The molecule has 1 aromatic heterocycles. The van der Waals surface area contributed by atoms with Gasteiger partial charge < -0.3 is 14.6 Å². The van der Waals surface area contributed by atoms with E-state index in [1.165, 1.54) is 12.8 Å². The third-order valence-corrected chi connectivity index (χ3v) is 6.82. The maximum Gasteiger partial charge on any atom is 0.241 e. The van der Waals surface area contributed by atoms with Crippen LogP contribution in [0.3, 0.4) is 0 Å². The molecule has 2 heterocycles. The summed E-state index contributed by atoms with van der Waals surface area (Å²) in [6, 6.07) is 15.8. The number of carbonyl (C=O) groups is 1. The van der Waals surface area contributed by atoms with E-state index in [0.717, 1.165) is 54.8 Å². The average Bonchev–Trinajstić information content (AvgIpc) is 3.53. The Kier molecular flexibility index (Phi) is 6.90. The first-order chi connectivity index (χ1) is 16.6. The second-order valence-electron chi connectivity index (χ2n) is 9.44. The number of rotatable bonds is 7. The molecule has 1 aliphatic heterocycles. The van der Waals surface area contributed by atoms with E-state index in [0.29, 0.717) is 30.9 Å². The van der Waals surface area contributed by atoms with E-state index in [1.807, 2.05) is 55.5 Å². The highest BCUT2D eigenvalue weighted by Crippen LogP contribution is 2.26. The van der Waals surface area contributed by atoms with E-state index in [-0.39, 0.29) is 11.8 Å². The Labute approximate surface area is 200 Å². The molecule has 3 aromatic rings. The maximum absolute atomic E-state index is 12.9. The Balaban J connectivity index is 1.14. The maximum atomic E-state index is 12.9. The van der Waals surface area contributed by atoms with Crippen molar-refractivity contribution < 1.29 is 14.1 Å². The van der Waals surface area contributed by atoms with Crippen LogP contribution >= 0.6 is 0 Å². The predicted octanol–water partition coefficient (Wildman–Crippen LogP) is 5.22. The van der Waals surface area contributed by atoms with Crippen molar-refractivity contribution in [3.8, 4) is 17.1 Å². The minimum absolute atomic E-state index is 0.0558. The Morgan fingerprint density at radius 3 is 2.68 bits per heavy atom. The number of benzene rings is 2. The van der Waals surface area contributed by atoms with Gasteiger partial charge in [-0.1, -0.05) is 29.4 Å². The van der Waals surface area contributed by atoms with E-state index < -0.39 is 0 Å². The van der Waals surface area contributed by atoms with Gasteiger partial charge in [0.05, 0.1) is 18.6 Å². The van der Waals surface area contributed by atoms with Crippen molar-refractivity contribution in [1.29, 1.82) is 0 Å². The number of amides is 1. The molecule has 1 amide bonds. The molecule has 5 rings (SSSR count). The Morgan fingerprint density at radius 2 is 1.88 bits per heavy atom. The molecular weight excluding hydrogens is 428 g/mol. The number of likely N-dealkylation sites (tertiary alicyclic amines) is 1. The molecule has 7 heteroatoms. The number of nitrogens with zero attached hydrogens (tertiary/aromatic N) is 3. The van der Waals surface area contributed by atoms with Gasteiger partial charge >= 0.3 is 0 Å². The zero-order chi connectivity index (χ0) is 23.3. The third kappa shape index (κ3) is 5.47. The molecule has 1 N–H and O–H groups in total. The van der Waals surface area contributed by atoms with Crippen molar-refractivity contribution in [2.75, 3.05) is 18.4 Å². The normalized spacial score (nSPS) is 19.3. The van der Waals surface area contributed by atoms with Crippen LogP contribution in [0.2, 0.25) is 0 Å². The molecule has 178 valence electrons. The number of ether oxygens (including phenoxy) is 1. The van der Waals surface area contributed by atoms with Crippen LogP contribution in [0.5, 0.6) is 5.75 Å². The second kappa shape index (κ2) is 10.4. The summed E-state index contributed by atoms with van der Waals surface area (Å²) in [6.07, 6.45) is 6.94. The van der Waals surface area contributed by atoms with Crippen LogP contribution in [0.15, 0.2) is 53.1 Å². The summed E-state index contributed by atoms with van der Waals surface area (Å²) < 4.78 is 11.5. The molecule has 2 fully saturated rings. The quantitative estimate of drug-likeness (QED) is 0.521. The van der Waals surface area contributed by atoms with Crippen molar-refractivity contribution in [2.45, 2.75) is 58.1 Å². The summed E-state index contributed by atoms with van der Waals surface area (Å²) in [4.78, 5) is 19.7. The molecule has 1 atom stereocenters. The average molecular weight is 461 g/mol. The van der Waals surface area contributed by atoms with Crippen molar-refractivity contribution in [1.82, 2.24) is 15.0 Å². The lowest BCUT2D eigenvalue weighted by Crippen LogP contribution is -2.40. The van der Waals surface area contributed by atoms with Gasteiger partial charge in [-0.05, 0) is 81.8 Å². The smallest absolute Gasteiger partial charge is 0.241 e. The SMILES string of the molecule is Cc1ccccc1-c1noc(CN2CCCC(C(=O)Nc3ccc(OC4CCCC4)cc3)C2)n1. The van der Waals surface area contributed by atoms with E-state index in [4.69, 9.17) is 9.26 Å². The number of aromatic nitrogens is 2. The topological polar surface area (TPSA) is 80.5 Å². The lowest BCUT2D eigenvalue weighted by Gasteiger charge is -2.30. The molecule has 1 saturated heterocycles. The number of hydrogen-bond acceptors (Lipinski definition) is 6. The fraction of sp³-hybridized carbons (Fsp3) is 0.444. The highest BCUT2D eigenvalue weighted by molar-refractivity contribution is 5.92. The highest BCUT2D eigenvalue weighted by atomic mass is 16.5. The van der Waals surface area contributed by atoms with Gasteiger partial charge in [0.1, 0.15) is 5.75 Å². The summed E-state index contributed by atoms with van der Waals surface area (Å²) in [5.74, 6) is 2.05. The van der Waals surface area contributed by atoms with Gasteiger partial charge in [0, 0.05) is 17.8 Å². The number of nitrogens with one attached hydrogen (secondary N) is 1. The fourth-order valence-electron chi connectivity index (χ4n) is 4.92. The van der Waals surface area contributed by atoms with Gasteiger partial charge in [0.15, 0.2) is 0 Å². The second-order valence-corrected chi connectivity index (χ2v) is 9.44. The van der Waals surface area contributed by atoms with Crippen LogP contribution < -0.4 is 10.1 Å². The van der Waals surface area contributed by atoms with E-state index >= 15 is 0 Å². The number of hydrogen-bond donors (Lipinski definition) is 1. The molecule has 1 saturated carbocycles. The first-order valence-corrected chi connectivity index (χ1v) is 12.3. The number of piperidine rings is 1. The van der Waals surface area contributed by atoms with Gasteiger partial charge in [-0.2, -0.15) is 4.98 Å². The molecule has 1 unspecified atom stereocenters. The number of anilines is 1. The van der Waals surface area contributed by atoms with E-state index in [2.05, 4.69) is 20.4 Å². The minimum Gasteiger partial charge on any atom is -0.490 e. The predicted molar refractivity (Wildman–Crippen MR) is 130 cm³/mol. The van der Waals surface area contributed by atoms with Gasteiger partial charge in [-0.15, -0.1) is 0 Å². The number of aryl methyl sites for hydroxylation is 1. The summed E-state index contributed by atoms with van der Waals surface area (Å²) in [5, 5.41) is 7.24. The first kappa shape index (κ1) is 22.6. The summed E-state index contributed by atoms with van der Waals surface area (Å²) >= 11 is 0. The third-order valence-electron chi connectivity index (χ3n) is 6.82. The van der Waals surface area contributed by atoms with E-state index in [1.54, 1.807) is 0 Å². The van der Waals surface area contributed by atoms with Gasteiger partial charge in [0.25, 0.3) is 0 Å². The lowest BCUT2D eigenvalue weighted by molar-refractivity contribution is -0.121. The van der Waals surface area contributed by atoms with Crippen molar-refractivity contribution >= 4 is 11.6 Å². The zero-order valence-electron chi connectivity index (χ0n) is 19.7. The van der Waals surface area contributed by atoms with Crippen molar-refractivity contribution in [2.24, 2.45) is 5.92 Å². The van der Waals surface area contributed by atoms with E-state index in [9.17, 15) is 4.79 Å². The molecule has 0 spiro atoms. The summed E-state index contributed by atoms with van der Waals surface area (Å²) in [5.41, 5.74) is 2.90. The Bertz CT molecular complexity index is 1110. The minimum atomic E-state index is -0.0677. The molecule has 0 radical (unpaired) electrons. The molecule has 34 heavy (non-hydrogen) atoms. The van der Waals surface area contributed by atoms with Crippen LogP contribution in [0.1, 0.15) is 50.0 Å². The van der Waals surface area contributed by atoms with Crippen molar-refractivity contribution in [3.63, 3.8) is 0 Å². The van der Waals surface area contributed by atoms with Gasteiger partial charge in [-0.25, -0.2) is 0 Å². The van der Waals surface area contributed by atoms with Gasteiger partial charge in [-0.3, -0.25) is 9.69 Å². The highest BCUT2D eigenvalue weighted by Gasteiger charge is 2.27. The Hall–Kier alpha value is -3.19. The Morgan fingerprint density at radius 1 is 1.09 bits per heavy atom. The fourth-order valence-corrected chi connectivity index (χ4v) is 4.92. The monoisotopic (exact) mass is 460 g/mol. The first-order valence-electron chi connectivity index (χ1n) is 12.3. The van der Waals surface area contributed by atoms with Crippen LogP contribution in [0, 0.1) is 12.8 Å². The summed E-state index contributed by atoms with van der Waals surface area (Å²) in [7, 11) is 0. The molecule has 0 bridgehead atoms. The van der Waals surface area contributed by atoms with Gasteiger partial charge in [0.2, 0.25) is 17.6 Å². The molecular formula is C27H32N4O3.